The van der Waals surface area contributed by atoms with Crippen LogP contribution in [-0.2, 0) is 4.74 Å². The van der Waals surface area contributed by atoms with Gasteiger partial charge < -0.3 is 14.8 Å². The Morgan fingerprint density at radius 3 is 3.11 bits per heavy atom. The summed E-state index contributed by atoms with van der Waals surface area (Å²) in [5.74, 6) is 0.820. The van der Waals surface area contributed by atoms with Gasteiger partial charge in [-0.3, -0.25) is 0 Å². The van der Waals surface area contributed by atoms with Crippen LogP contribution in [0.5, 0.6) is 5.75 Å². The zero-order valence-electron chi connectivity index (χ0n) is 10.7. The Kier molecular flexibility index (Phi) is 5.14. The number of rotatable bonds is 6. The van der Waals surface area contributed by atoms with Crippen molar-refractivity contribution in [2.24, 2.45) is 0 Å². The molecule has 1 aliphatic heterocycles. The summed E-state index contributed by atoms with van der Waals surface area (Å²) in [6.07, 6.45) is 5.10. The van der Waals surface area contributed by atoms with Crippen LogP contribution in [-0.4, -0.2) is 26.4 Å². The first kappa shape index (κ1) is 13.5. The van der Waals surface area contributed by atoms with Gasteiger partial charge in [-0.05, 0) is 37.8 Å². The summed E-state index contributed by atoms with van der Waals surface area (Å²) in [5, 5.41) is 4.07. The second-order valence-corrected chi connectivity index (χ2v) is 4.96. The monoisotopic (exact) mass is 269 g/mol. The normalized spacial score (nSPS) is 18.9. The number of methoxy groups -OCH3 is 1. The average Bonchev–Trinajstić information content (AvgIpc) is 2.89. The molecule has 0 saturated carbocycles. The lowest BCUT2D eigenvalue weighted by atomic mass is 10.1. The van der Waals surface area contributed by atoms with Crippen molar-refractivity contribution >= 4 is 17.3 Å². The van der Waals surface area contributed by atoms with Crippen molar-refractivity contribution in [3.8, 4) is 5.75 Å². The molecule has 0 bridgehead atoms. The van der Waals surface area contributed by atoms with Crippen LogP contribution in [0.25, 0.3) is 0 Å². The number of nitrogens with one attached hydrogen (secondary N) is 1. The minimum Gasteiger partial charge on any atom is -0.497 e. The van der Waals surface area contributed by atoms with E-state index in [9.17, 15) is 0 Å². The SMILES string of the molecule is COc1ccc(Cl)c(NCCCC2CCCO2)c1. The zero-order chi connectivity index (χ0) is 12.8. The largest absolute Gasteiger partial charge is 0.497 e. The Balaban J connectivity index is 1.75. The molecule has 1 fully saturated rings. The van der Waals surface area contributed by atoms with Gasteiger partial charge in [0.15, 0.2) is 0 Å². The number of hydrogen-bond donors (Lipinski definition) is 1. The minimum atomic E-state index is 0.465. The van der Waals surface area contributed by atoms with Crippen molar-refractivity contribution in [2.75, 3.05) is 25.6 Å². The fraction of sp³-hybridized carbons (Fsp3) is 0.571. The van der Waals surface area contributed by atoms with Gasteiger partial charge in [0.1, 0.15) is 5.75 Å². The Bertz CT molecular complexity index is 378. The summed E-state index contributed by atoms with van der Waals surface area (Å²) in [5.41, 5.74) is 0.934. The lowest BCUT2D eigenvalue weighted by molar-refractivity contribution is 0.103. The summed E-state index contributed by atoms with van der Waals surface area (Å²) >= 11 is 6.12. The molecule has 0 aromatic heterocycles. The van der Waals surface area contributed by atoms with Crippen LogP contribution < -0.4 is 10.1 Å². The lowest BCUT2D eigenvalue weighted by Crippen LogP contribution is -2.09. The quantitative estimate of drug-likeness (QED) is 0.799. The van der Waals surface area contributed by atoms with Crippen molar-refractivity contribution in [2.45, 2.75) is 31.8 Å². The summed E-state index contributed by atoms with van der Waals surface area (Å²) in [6, 6.07) is 5.64. The summed E-state index contributed by atoms with van der Waals surface area (Å²) < 4.78 is 10.8. The van der Waals surface area contributed by atoms with Gasteiger partial charge in [-0.15, -0.1) is 0 Å². The number of hydrogen-bond acceptors (Lipinski definition) is 3. The molecule has 2 rings (SSSR count). The molecule has 1 atom stereocenters. The minimum absolute atomic E-state index is 0.465. The maximum Gasteiger partial charge on any atom is 0.121 e. The molecule has 1 N–H and O–H groups in total. The number of benzene rings is 1. The lowest BCUT2D eigenvalue weighted by Gasteiger charge is -2.12. The molecule has 0 amide bonds. The van der Waals surface area contributed by atoms with Gasteiger partial charge in [-0.2, -0.15) is 0 Å². The molecule has 18 heavy (non-hydrogen) atoms. The molecule has 1 aliphatic rings. The van der Waals surface area contributed by atoms with E-state index in [-0.39, 0.29) is 0 Å². The van der Waals surface area contributed by atoms with Crippen LogP contribution in [0.3, 0.4) is 0 Å². The first-order chi connectivity index (χ1) is 8.79. The first-order valence-corrected chi connectivity index (χ1v) is 6.86. The molecular weight excluding hydrogens is 250 g/mol. The van der Waals surface area contributed by atoms with Crippen molar-refractivity contribution in [1.29, 1.82) is 0 Å². The van der Waals surface area contributed by atoms with Gasteiger partial charge in [-0.25, -0.2) is 0 Å². The summed E-state index contributed by atoms with van der Waals surface area (Å²) in [7, 11) is 1.66. The maximum absolute atomic E-state index is 6.12. The van der Waals surface area contributed by atoms with E-state index >= 15 is 0 Å². The second-order valence-electron chi connectivity index (χ2n) is 4.55. The summed E-state index contributed by atoms with van der Waals surface area (Å²) in [6.45, 7) is 1.84. The van der Waals surface area contributed by atoms with Gasteiger partial charge in [0.2, 0.25) is 0 Å². The fourth-order valence-electron chi connectivity index (χ4n) is 2.19. The highest BCUT2D eigenvalue weighted by Crippen LogP contribution is 2.26. The third-order valence-corrected chi connectivity index (χ3v) is 3.55. The van der Waals surface area contributed by atoms with Crippen LogP contribution >= 0.6 is 11.6 Å². The number of anilines is 1. The molecule has 1 heterocycles. The number of ether oxygens (including phenoxy) is 2. The van der Waals surface area contributed by atoms with Crippen molar-refractivity contribution < 1.29 is 9.47 Å². The van der Waals surface area contributed by atoms with E-state index in [1.165, 1.54) is 12.8 Å². The highest BCUT2D eigenvalue weighted by atomic mass is 35.5. The van der Waals surface area contributed by atoms with Crippen molar-refractivity contribution in [1.82, 2.24) is 0 Å². The molecule has 0 spiro atoms. The van der Waals surface area contributed by atoms with Crippen LogP contribution in [0.1, 0.15) is 25.7 Å². The van der Waals surface area contributed by atoms with E-state index in [1.807, 2.05) is 18.2 Å². The fourth-order valence-corrected chi connectivity index (χ4v) is 2.38. The Labute approximate surface area is 113 Å². The molecule has 1 unspecified atom stereocenters. The van der Waals surface area contributed by atoms with Crippen molar-refractivity contribution in [3.63, 3.8) is 0 Å². The summed E-state index contributed by atoms with van der Waals surface area (Å²) in [4.78, 5) is 0. The molecular formula is C14H20ClNO2. The molecule has 3 nitrogen and oxygen atoms in total. The number of halogens is 1. The Morgan fingerprint density at radius 2 is 2.39 bits per heavy atom. The molecule has 4 heteroatoms. The highest BCUT2D eigenvalue weighted by Gasteiger charge is 2.14. The van der Waals surface area contributed by atoms with Gasteiger partial charge in [0.05, 0.1) is 23.9 Å². The predicted molar refractivity (Wildman–Crippen MR) is 74.7 cm³/mol. The molecule has 1 aromatic carbocycles. The zero-order valence-corrected chi connectivity index (χ0v) is 11.5. The first-order valence-electron chi connectivity index (χ1n) is 6.48. The maximum atomic E-state index is 6.12. The van der Waals surface area contributed by atoms with Crippen LogP contribution in [0.15, 0.2) is 18.2 Å². The predicted octanol–water partition coefficient (Wildman–Crippen LogP) is 3.72. The Hall–Kier alpha value is -0.930. The topological polar surface area (TPSA) is 30.5 Å². The van der Waals surface area contributed by atoms with Crippen LogP contribution in [0, 0.1) is 0 Å². The standard InChI is InChI=1S/C14H20ClNO2/c1-17-12-6-7-13(15)14(10-12)16-8-2-4-11-5-3-9-18-11/h6-7,10-11,16H,2-5,8-9H2,1H3. The molecule has 100 valence electrons. The molecule has 1 saturated heterocycles. The third-order valence-electron chi connectivity index (χ3n) is 3.22. The molecule has 0 radical (unpaired) electrons. The van der Waals surface area contributed by atoms with E-state index < -0.39 is 0 Å². The third kappa shape index (κ3) is 3.79. The van der Waals surface area contributed by atoms with Gasteiger partial charge in [0, 0.05) is 19.2 Å². The second kappa shape index (κ2) is 6.86. The van der Waals surface area contributed by atoms with E-state index in [0.717, 1.165) is 42.5 Å². The van der Waals surface area contributed by atoms with E-state index in [1.54, 1.807) is 7.11 Å². The highest BCUT2D eigenvalue weighted by molar-refractivity contribution is 6.33. The molecule has 0 aliphatic carbocycles. The Morgan fingerprint density at radius 1 is 1.50 bits per heavy atom. The van der Waals surface area contributed by atoms with E-state index in [0.29, 0.717) is 6.10 Å². The van der Waals surface area contributed by atoms with Gasteiger partial charge >= 0.3 is 0 Å². The molecule has 1 aromatic rings. The van der Waals surface area contributed by atoms with E-state index in [4.69, 9.17) is 21.1 Å². The van der Waals surface area contributed by atoms with Crippen LogP contribution in [0.4, 0.5) is 5.69 Å². The van der Waals surface area contributed by atoms with Gasteiger partial charge in [-0.1, -0.05) is 11.6 Å². The van der Waals surface area contributed by atoms with Gasteiger partial charge in [0.25, 0.3) is 0 Å². The van der Waals surface area contributed by atoms with E-state index in [2.05, 4.69) is 5.32 Å². The van der Waals surface area contributed by atoms with Crippen molar-refractivity contribution in [3.05, 3.63) is 23.2 Å². The average molecular weight is 270 g/mol. The van der Waals surface area contributed by atoms with Crippen LogP contribution in [0.2, 0.25) is 5.02 Å². The smallest absolute Gasteiger partial charge is 0.121 e.